The lowest BCUT2D eigenvalue weighted by Crippen LogP contribution is -2.36. The zero-order valence-corrected chi connectivity index (χ0v) is 15.1. The van der Waals surface area contributed by atoms with Gasteiger partial charge in [0.15, 0.2) is 0 Å². The molecule has 0 saturated carbocycles. The average molecular weight is 354 g/mol. The predicted octanol–water partition coefficient (Wildman–Crippen LogP) is 3.34. The van der Waals surface area contributed by atoms with Crippen molar-refractivity contribution >= 4 is 21.6 Å². The van der Waals surface area contributed by atoms with E-state index in [0.29, 0.717) is 0 Å². The molecule has 118 valence electrons. The Hall–Kier alpha value is -0.580. The van der Waals surface area contributed by atoms with Gasteiger partial charge >= 0.3 is 0 Å². The fraction of sp³-hybridized carbons (Fsp3) is 0.647. The fourth-order valence-electron chi connectivity index (χ4n) is 3.03. The van der Waals surface area contributed by atoms with Gasteiger partial charge in [-0.1, -0.05) is 28.9 Å². The molecule has 1 aromatic rings. The molecule has 0 bridgehead atoms. The van der Waals surface area contributed by atoms with Crippen LogP contribution in [-0.2, 0) is 6.54 Å². The Bertz CT molecular complexity index is 442. The fourth-order valence-corrected chi connectivity index (χ4v) is 3.38. The number of piperidine rings is 1. The molecule has 1 N–H and O–H groups in total. The number of halogens is 1. The topological polar surface area (TPSA) is 18.5 Å². The number of likely N-dealkylation sites (tertiary alicyclic amines) is 1. The van der Waals surface area contributed by atoms with Gasteiger partial charge in [-0.25, -0.2) is 0 Å². The van der Waals surface area contributed by atoms with Gasteiger partial charge in [0.2, 0.25) is 0 Å². The Balaban J connectivity index is 2.03. The van der Waals surface area contributed by atoms with E-state index < -0.39 is 0 Å². The summed E-state index contributed by atoms with van der Waals surface area (Å²) >= 11 is 3.61. The number of rotatable bonds is 6. The van der Waals surface area contributed by atoms with E-state index in [0.717, 1.165) is 30.0 Å². The van der Waals surface area contributed by atoms with Crippen LogP contribution in [0.25, 0.3) is 0 Å². The quantitative estimate of drug-likeness (QED) is 0.845. The Morgan fingerprint density at radius 2 is 2.05 bits per heavy atom. The Morgan fingerprint density at radius 1 is 1.33 bits per heavy atom. The molecule has 0 atom stereocenters. The number of benzene rings is 1. The summed E-state index contributed by atoms with van der Waals surface area (Å²) < 4.78 is 1.16. The van der Waals surface area contributed by atoms with Crippen molar-refractivity contribution in [1.82, 2.24) is 10.2 Å². The minimum Gasteiger partial charge on any atom is -0.374 e. The summed E-state index contributed by atoms with van der Waals surface area (Å²) in [6.45, 7) is 7.73. The number of nitrogens with zero attached hydrogens (tertiary/aromatic N) is 2. The maximum Gasteiger partial charge on any atom is 0.0420 e. The monoisotopic (exact) mass is 353 g/mol. The molecule has 0 spiro atoms. The average Bonchev–Trinajstić information content (AvgIpc) is 2.48. The molecule has 1 heterocycles. The molecule has 1 aliphatic heterocycles. The van der Waals surface area contributed by atoms with Crippen LogP contribution in [0.5, 0.6) is 0 Å². The van der Waals surface area contributed by atoms with Crippen LogP contribution in [0.4, 0.5) is 5.69 Å². The minimum absolute atomic E-state index is 0.817. The van der Waals surface area contributed by atoms with Gasteiger partial charge in [0.1, 0.15) is 0 Å². The van der Waals surface area contributed by atoms with Gasteiger partial charge in [0.05, 0.1) is 0 Å². The summed E-state index contributed by atoms with van der Waals surface area (Å²) in [5, 5.41) is 3.44. The summed E-state index contributed by atoms with van der Waals surface area (Å²) in [4.78, 5) is 4.87. The third-order valence-electron chi connectivity index (χ3n) is 4.39. The molecule has 0 radical (unpaired) electrons. The molecular formula is C17H28BrN3. The van der Waals surface area contributed by atoms with Crippen molar-refractivity contribution in [2.24, 2.45) is 5.92 Å². The SMILES string of the molecule is CCNCc1ccc(Br)cc1N(C)CC1CCN(C)CC1. The first-order valence-electron chi connectivity index (χ1n) is 7.99. The highest BCUT2D eigenvalue weighted by Gasteiger charge is 2.19. The highest BCUT2D eigenvalue weighted by molar-refractivity contribution is 9.10. The van der Waals surface area contributed by atoms with Gasteiger partial charge in [-0.15, -0.1) is 0 Å². The van der Waals surface area contributed by atoms with E-state index in [-0.39, 0.29) is 0 Å². The van der Waals surface area contributed by atoms with E-state index >= 15 is 0 Å². The molecule has 0 unspecified atom stereocenters. The van der Waals surface area contributed by atoms with Crippen molar-refractivity contribution in [2.45, 2.75) is 26.3 Å². The minimum atomic E-state index is 0.817. The van der Waals surface area contributed by atoms with E-state index in [9.17, 15) is 0 Å². The van der Waals surface area contributed by atoms with E-state index in [2.05, 4.69) is 70.3 Å². The van der Waals surface area contributed by atoms with Crippen LogP contribution in [0.3, 0.4) is 0 Å². The Labute approximate surface area is 137 Å². The van der Waals surface area contributed by atoms with Crippen molar-refractivity contribution in [3.8, 4) is 0 Å². The van der Waals surface area contributed by atoms with Crippen molar-refractivity contribution in [2.75, 3.05) is 45.2 Å². The second-order valence-electron chi connectivity index (χ2n) is 6.18. The smallest absolute Gasteiger partial charge is 0.0420 e. The summed E-state index contributed by atoms with van der Waals surface area (Å²) in [5.74, 6) is 0.817. The van der Waals surface area contributed by atoms with E-state index in [1.165, 1.54) is 37.2 Å². The van der Waals surface area contributed by atoms with Gasteiger partial charge in [0.25, 0.3) is 0 Å². The predicted molar refractivity (Wildman–Crippen MR) is 95.0 cm³/mol. The summed E-state index contributed by atoms with van der Waals surface area (Å²) in [6.07, 6.45) is 2.63. The molecule has 0 aliphatic carbocycles. The van der Waals surface area contributed by atoms with Crippen molar-refractivity contribution in [1.29, 1.82) is 0 Å². The number of anilines is 1. The van der Waals surface area contributed by atoms with Crippen LogP contribution in [0, 0.1) is 5.92 Å². The zero-order valence-electron chi connectivity index (χ0n) is 13.5. The second kappa shape index (κ2) is 8.16. The van der Waals surface area contributed by atoms with E-state index in [1.54, 1.807) is 0 Å². The first-order chi connectivity index (χ1) is 10.1. The van der Waals surface area contributed by atoms with Crippen molar-refractivity contribution in [3.63, 3.8) is 0 Å². The molecule has 0 amide bonds. The summed E-state index contributed by atoms with van der Waals surface area (Å²) in [6, 6.07) is 6.62. The summed E-state index contributed by atoms with van der Waals surface area (Å²) in [5.41, 5.74) is 2.74. The van der Waals surface area contributed by atoms with Gasteiger partial charge in [0, 0.05) is 30.3 Å². The molecular weight excluding hydrogens is 326 g/mol. The number of hydrogen-bond acceptors (Lipinski definition) is 3. The second-order valence-corrected chi connectivity index (χ2v) is 7.10. The molecule has 1 fully saturated rings. The van der Waals surface area contributed by atoms with Crippen LogP contribution < -0.4 is 10.2 Å². The highest BCUT2D eigenvalue weighted by atomic mass is 79.9. The van der Waals surface area contributed by atoms with Crippen LogP contribution in [-0.4, -0.2) is 45.2 Å². The lowest BCUT2D eigenvalue weighted by molar-refractivity contribution is 0.222. The molecule has 1 saturated heterocycles. The van der Waals surface area contributed by atoms with Crippen LogP contribution in [0.15, 0.2) is 22.7 Å². The maximum absolute atomic E-state index is 3.61. The third kappa shape index (κ3) is 4.97. The lowest BCUT2D eigenvalue weighted by Gasteiger charge is -2.33. The lowest BCUT2D eigenvalue weighted by atomic mass is 9.96. The molecule has 1 aliphatic rings. The van der Waals surface area contributed by atoms with Crippen LogP contribution in [0.2, 0.25) is 0 Å². The first-order valence-corrected chi connectivity index (χ1v) is 8.78. The van der Waals surface area contributed by atoms with Crippen LogP contribution in [0.1, 0.15) is 25.3 Å². The van der Waals surface area contributed by atoms with Gasteiger partial charge in [-0.05, 0) is 63.1 Å². The van der Waals surface area contributed by atoms with Crippen molar-refractivity contribution < 1.29 is 0 Å². The molecule has 3 nitrogen and oxygen atoms in total. The van der Waals surface area contributed by atoms with Gasteiger partial charge in [-0.3, -0.25) is 0 Å². The highest BCUT2D eigenvalue weighted by Crippen LogP contribution is 2.27. The number of hydrogen-bond donors (Lipinski definition) is 1. The Morgan fingerprint density at radius 3 is 2.71 bits per heavy atom. The molecule has 2 rings (SSSR count). The standard InChI is InChI=1S/C17H28BrN3/c1-4-19-12-15-5-6-16(18)11-17(15)21(3)13-14-7-9-20(2)10-8-14/h5-6,11,14,19H,4,7-10,12-13H2,1-3H3. The first kappa shape index (κ1) is 16.8. The number of nitrogens with one attached hydrogen (secondary N) is 1. The molecule has 4 heteroatoms. The summed E-state index contributed by atoms with van der Waals surface area (Å²) in [7, 11) is 4.46. The van der Waals surface area contributed by atoms with E-state index in [4.69, 9.17) is 0 Å². The van der Waals surface area contributed by atoms with E-state index in [1.807, 2.05) is 0 Å². The molecule has 1 aromatic carbocycles. The van der Waals surface area contributed by atoms with Crippen LogP contribution >= 0.6 is 15.9 Å². The van der Waals surface area contributed by atoms with Crippen molar-refractivity contribution in [3.05, 3.63) is 28.2 Å². The zero-order chi connectivity index (χ0) is 15.2. The maximum atomic E-state index is 3.61. The van der Waals surface area contributed by atoms with Gasteiger partial charge in [-0.2, -0.15) is 0 Å². The Kier molecular flexibility index (Phi) is 6.52. The molecule has 21 heavy (non-hydrogen) atoms. The third-order valence-corrected chi connectivity index (χ3v) is 4.89. The van der Waals surface area contributed by atoms with Gasteiger partial charge < -0.3 is 15.1 Å². The molecule has 0 aromatic heterocycles. The normalized spacial score (nSPS) is 17.1. The largest absolute Gasteiger partial charge is 0.374 e.